The monoisotopic (exact) mass is 532 g/mol. The number of allylic oxidation sites excluding steroid dienone is 1. The quantitative estimate of drug-likeness (QED) is 0.103. The highest BCUT2D eigenvalue weighted by molar-refractivity contribution is 14.1. The summed E-state index contributed by atoms with van der Waals surface area (Å²) in [5.74, 6) is 2.59. The van der Waals surface area contributed by atoms with Gasteiger partial charge in [-0.2, -0.15) is 0 Å². The maximum atomic E-state index is 12.3. The number of ether oxygens (including phenoxy) is 2. The number of halogens is 1. The van der Waals surface area contributed by atoms with Crippen LogP contribution < -0.4 is 9.47 Å². The molecule has 1 fully saturated rings. The summed E-state index contributed by atoms with van der Waals surface area (Å²) >= 11 is 2.22. The largest absolute Gasteiger partial charge is 0.490 e. The number of carbonyl (C=O) groups is 1. The molecule has 0 amide bonds. The van der Waals surface area contributed by atoms with Gasteiger partial charge in [-0.15, -0.1) is 0 Å². The molecule has 1 saturated carbocycles. The first-order chi connectivity index (χ1) is 15.1. The zero-order valence-corrected chi connectivity index (χ0v) is 20.6. The molecule has 0 atom stereocenters. The number of benzene rings is 2. The van der Waals surface area contributed by atoms with Crippen LogP contribution in [0.4, 0.5) is 0 Å². The molecule has 0 unspecified atom stereocenters. The fourth-order valence-corrected chi connectivity index (χ4v) is 4.46. The summed E-state index contributed by atoms with van der Waals surface area (Å²) in [6, 6.07) is 14.5. The highest BCUT2D eigenvalue weighted by Gasteiger charge is 2.18. The molecule has 0 bridgehead atoms. The van der Waals surface area contributed by atoms with Crippen molar-refractivity contribution in [2.45, 2.75) is 58.3 Å². The maximum Gasteiger partial charge on any atom is 0.343 e. The summed E-state index contributed by atoms with van der Waals surface area (Å²) in [4.78, 5) is 12.3. The normalized spacial score (nSPS) is 18.8. The Bertz CT molecular complexity index is 819. The SMILES string of the molecule is CCCCC[C@H]1CC[C@H](C=CCOc2ccc(C(=O)Oc3ccc(I)cc3)cc2)CC1. The molecule has 0 spiro atoms. The second kappa shape index (κ2) is 12.9. The zero-order chi connectivity index (χ0) is 21.9. The van der Waals surface area contributed by atoms with Gasteiger partial charge in [0.05, 0.1) is 5.56 Å². The van der Waals surface area contributed by atoms with Crippen LogP contribution in [0.3, 0.4) is 0 Å². The van der Waals surface area contributed by atoms with Crippen LogP contribution in [0.5, 0.6) is 11.5 Å². The van der Waals surface area contributed by atoms with Gasteiger partial charge in [0.15, 0.2) is 0 Å². The average Bonchev–Trinajstić information content (AvgIpc) is 2.80. The van der Waals surface area contributed by atoms with E-state index in [9.17, 15) is 4.79 Å². The molecule has 31 heavy (non-hydrogen) atoms. The third-order valence-electron chi connectivity index (χ3n) is 5.98. The van der Waals surface area contributed by atoms with Crippen LogP contribution in [0.25, 0.3) is 0 Å². The van der Waals surface area contributed by atoms with E-state index in [0.29, 0.717) is 23.8 Å². The van der Waals surface area contributed by atoms with Gasteiger partial charge in [0.1, 0.15) is 18.1 Å². The molecule has 3 nitrogen and oxygen atoms in total. The lowest BCUT2D eigenvalue weighted by molar-refractivity contribution is 0.0734. The fourth-order valence-electron chi connectivity index (χ4n) is 4.10. The number of unbranched alkanes of at least 4 members (excludes halogenated alkanes) is 2. The van der Waals surface area contributed by atoms with E-state index < -0.39 is 0 Å². The Labute approximate surface area is 200 Å². The van der Waals surface area contributed by atoms with E-state index in [2.05, 4.69) is 41.7 Å². The van der Waals surface area contributed by atoms with Crippen molar-refractivity contribution < 1.29 is 14.3 Å². The molecule has 1 aliphatic rings. The highest BCUT2D eigenvalue weighted by Crippen LogP contribution is 2.32. The van der Waals surface area contributed by atoms with Crippen molar-refractivity contribution in [1.29, 1.82) is 0 Å². The molecule has 2 aromatic carbocycles. The molecule has 0 heterocycles. The first-order valence-electron chi connectivity index (χ1n) is 11.5. The third kappa shape index (κ3) is 8.32. The molecule has 0 aromatic heterocycles. The summed E-state index contributed by atoms with van der Waals surface area (Å²) < 4.78 is 12.3. The summed E-state index contributed by atoms with van der Waals surface area (Å²) in [7, 11) is 0. The van der Waals surface area contributed by atoms with Crippen LogP contribution in [0.15, 0.2) is 60.7 Å². The predicted molar refractivity (Wildman–Crippen MR) is 135 cm³/mol. The molecule has 0 aliphatic heterocycles. The van der Waals surface area contributed by atoms with Gasteiger partial charge in [0.25, 0.3) is 0 Å². The second-order valence-electron chi connectivity index (χ2n) is 8.38. The van der Waals surface area contributed by atoms with E-state index in [1.165, 1.54) is 51.4 Å². The summed E-state index contributed by atoms with van der Waals surface area (Å²) in [6.07, 6.45) is 15.4. The molecule has 2 aromatic rings. The van der Waals surface area contributed by atoms with E-state index in [1.54, 1.807) is 24.3 Å². The molecule has 0 radical (unpaired) electrons. The Morgan fingerprint density at radius 3 is 2.32 bits per heavy atom. The van der Waals surface area contributed by atoms with Crippen LogP contribution in [0.2, 0.25) is 0 Å². The number of carbonyl (C=O) groups excluding carboxylic acids is 1. The van der Waals surface area contributed by atoms with Gasteiger partial charge in [-0.25, -0.2) is 4.79 Å². The van der Waals surface area contributed by atoms with Crippen LogP contribution in [0, 0.1) is 15.4 Å². The van der Waals surface area contributed by atoms with Crippen molar-refractivity contribution in [2.75, 3.05) is 6.61 Å². The van der Waals surface area contributed by atoms with Gasteiger partial charge in [0, 0.05) is 3.57 Å². The van der Waals surface area contributed by atoms with Crippen molar-refractivity contribution in [2.24, 2.45) is 11.8 Å². The minimum Gasteiger partial charge on any atom is -0.490 e. The lowest BCUT2D eigenvalue weighted by Gasteiger charge is -2.26. The van der Waals surface area contributed by atoms with Crippen molar-refractivity contribution >= 4 is 28.6 Å². The van der Waals surface area contributed by atoms with E-state index in [4.69, 9.17) is 9.47 Å². The van der Waals surface area contributed by atoms with Gasteiger partial charge in [-0.05, 0) is 109 Å². The van der Waals surface area contributed by atoms with Crippen molar-refractivity contribution in [3.8, 4) is 11.5 Å². The third-order valence-corrected chi connectivity index (χ3v) is 6.70. The van der Waals surface area contributed by atoms with Gasteiger partial charge >= 0.3 is 5.97 Å². The van der Waals surface area contributed by atoms with Crippen LogP contribution in [-0.2, 0) is 0 Å². The Morgan fingerprint density at radius 2 is 1.65 bits per heavy atom. The van der Waals surface area contributed by atoms with Crippen LogP contribution in [-0.4, -0.2) is 12.6 Å². The minimum absolute atomic E-state index is 0.363. The smallest absolute Gasteiger partial charge is 0.343 e. The van der Waals surface area contributed by atoms with E-state index >= 15 is 0 Å². The molecule has 4 heteroatoms. The topological polar surface area (TPSA) is 35.5 Å². The molecule has 0 N–H and O–H groups in total. The lowest BCUT2D eigenvalue weighted by atomic mass is 9.79. The Morgan fingerprint density at radius 1 is 0.968 bits per heavy atom. The number of hydrogen-bond acceptors (Lipinski definition) is 3. The van der Waals surface area contributed by atoms with Crippen molar-refractivity contribution in [3.05, 3.63) is 69.8 Å². The zero-order valence-electron chi connectivity index (χ0n) is 18.4. The van der Waals surface area contributed by atoms with Gasteiger partial charge < -0.3 is 9.47 Å². The van der Waals surface area contributed by atoms with Crippen LogP contribution >= 0.6 is 22.6 Å². The van der Waals surface area contributed by atoms with Crippen LogP contribution in [0.1, 0.15) is 68.6 Å². The minimum atomic E-state index is -0.363. The molecule has 166 valence electrons. The van der Waals surface area contributed by atoms with E-state index in [1.807, 2.05) is 24.3 Å². The maximum absolute atomic E-state index is 12.3. The highest BCUT2D eigenvalue weighted by atomic mass is 127. The Hall–Kier alpha value is -1.82. The van der Waals surface area contributed by atoms with Gasteiger partial charge in [0.2, 0.25) is 0 Å². The average molecular weight is 532 g/mol. The first kappa shape index (κ1) is 23.8. The fraction of sp³-hybridized carbons (Fsp3) is 0.444. The lowest BCUT2D eigenvalue weighted by Crippen LogP contribution is -2.13. The second-order valence-corrected chi connectivity index (χ2v) is 9.63. The summed E-state index contributed by atoms with van der Waals surface area (Å²) in [5.41, 5.74) is 0.511. The van der Waals surface area contributed by atoms with Crippen molar-refractivity contribution in [1.82, 2.24) is 0 Å². The molecule has 3 rings (SSSR count). The van der Waals surface area contributed by atoms with E-state index in [0.717, 1.165) is 15.2 Å². The first-order valence-corrected chi connectivity index (χ1v) is 12.6. The summed E-state index contributed by atoms with van der Waals surface area (Å²) in [6.45, 7) is 2.83. The molecule has 0 saturated heterocycles. The van der Waals surface area contributed by atoms with Gasteiger partial charge in [-0.1, -0.05) is 44.8 Å². The molecule has 1 aliphatic carbocycles. The standard InChI is InChI=1S/C27H33IO3/c1-2-3-4-6-21-8-10-22(11-9-21)7-5-20-30-25-16-12-23(13-17-25)27(29)31-26-18-14-24(28)15-19-26/h5,7,12-19,21-22H,2-4,6,8-11,20H2,1H3/t21-,22-. The number of hydrogen-bond donors (Lipinski definition) is 0. The number of rotatable bonds is 10. The number of esters is 1. The Balaban J connectivity index is 1.36. The van der Waals surface area contributed by atoms with E-state index in [-0.39, 0.29) is 5.97 Å². The molecular weight excluding hydrogens is 499 g/mol. The van der Waals surface area contributed by atoms with Crippen molar-refractivity contribution in [3.63, 3.8) is 0 Å². The van der Waals surface area contributed by atoms with Gasteiger partial charge in [-0.3, -0.25) is 0 Å². The predicted octanol–water partition coefficient (Wildman–Crippen LogP) is 7.83. The Kier molecular flexibility index (Phi) is 9.91. The molecular formula is C27H33IO3. The summed E-state index contributed by atoms with van der Waals surface area (Å²) in [5, 5.41) is 0.